The number of para-hydroxylation sites is 1. The van der Waals surface area contributed by atoms with E-state index in [2.05, 4.69) is 4.99 Å². The Balaban J connectivity index is 2.00. The summed E-state index contributed by atoms with van der Waals surface area (Å²) >= 11 is 1.44. The molecule has 0 atom stereocenters. The Morgan fingerprint density at radius 1 is 1.30 bits per heavy atom. The van der Waals surface area contributed by atoms with Gasteiger partial charge in [0, 0.05) is 5.92 Å². The number of aromatic nitrogens is 1. The second kappa shape index (κ2) is 7.08. The summed E-state index contributed by atoms with van der Waals surface area (Å²) in [5, 5.41) is 0. The van der Waals surface area contributed by atoms with Gasteiger partial charge in [-0.25, -0.2) is 0 Å². The van der Waals surface area contributed by atoms with E-state index in [9.17, 15) is 9.59 Å². The molecule has 0 N–H and O–H groups in total. The van der Waals surface area contributed by atoms with E-state index in [1.165, 1.54) is 11.3 Å². The van der Waals surface area contributed by atoms with Crippen molar-refractivity contribution in [1.82, 2.24) is 4.57 Å². The summed E-state index contributed by atoms with van der Waals surface area (Å²) in [4.78, 5) is 29.2. The van der Waals surface area contributed by atoms with Crippen molar-refractivity contribution in [3.63, 3.8) is 0 Å². The second-order valence-electron chi connectivity index (χ2n) is 5.67. The van der Waals surface area contributed by atoms with Crippen LogP contribution in [-0.2, 0) is 20.9 Å². The smallest absolute Gasteiger partial charge is 0.326 e. The van der Waals surface area contributed by atoms with Gasteiger partial charge in [-0.2, -0.15) is 4.99 Å². The van der Waals surface area contributed by atoms with Gasteiger partial charge in [-0.05, 0) is 31.9 Å². The molecule has 0 spiro atoms. The van der Waals surface area contributed by atoms with Crippen molar-refractivity contribution >= 4 is 33.4 Å². The largest absolute Gasteiger partial charge is 0.465 e. The molecule has 1 aromatic heterocycles. The quantitative estimate of drug-likeness (QED) is 0.809. The third-order valence-corrected chi connectivity index (χ3v) is 5.15. The van der Waals surface area contributed by atoms with E-state index in [0.717, 1.165) is 35.9 Å². The van der Waals surface area contributed by atoms with Gasteiger partial charge in [0.05, 0.1) is 16.8 Å². The molecule has 122 valence electrons. The first-order valence-corrected chi connectivity index (χ1v) is 8.83. The van der Waals surface area contributed by atoms with Crippen LogP contribution in [0.4, 0.5) is 0 Å². The lowest BCUT2D eigenvalue weighted by Crippen LogP contribution is -2.24. The maximum absolute atomic E-state index is 12.4. The Kier molecular flexibility index (Phi) is 4.91. The third kappa shape index (κ3) is 3.52. The number of thiazole rings is 1. The molecular weight excluding hydrogens is 312 g/mol. The molecule has 0 saturated heterocycles. The van der Waals surface area contributed by atoms with E-state index in [-0.39, 0.29) is 24.3 Å². The van der Waals surface area contributed by atoms with Crippen molar-refractivity contribution < 1.29 is 14.3 Å². The van der Waals surface area contributed by atoms with E-state index in [0.29, 0.717) is 11.4 Å². The number of hydrogen-bond acceptors (Lipinski definition) is 4. The Hall–Kier alpha value is -1.95. The van der Waals surface area contributed by atoms with Crippen LogP contribution in [0.15, 0.2) is 29.3 Å². The fourth-order valence-electron chi connectivity index (χ4n) is 2.95. The molecule has 5 nitrogen and oxygen atoms in total. The molecule has 1 aliphatic carbocycles. The van der Waals surface area contributed by atoms with Gasteiger partial charge in [0.2, 0.25) is 0 Å². The van der Waals surface area contributed by atoms with Crippen molar-refractivity contribution in [3.8, 4) is 0 Å². The maximum Gasteiger partial charge on any atom is 0.326 e. The zero-order valence-corrected chi connectivity index (χ0v) is 14.0. The average molecular weight is 332 g/mol. The lowest BCUT2D eigenvalue weighted by atomic mass is 10.1. The number of benzene rings is 1. The van der Waals surface area contributed by atoms with Crippen LogP contribution < -0.4 is 4.80 Å². The Morgan fingerprint density at radius 2 is 2.04 bits per heavy atom. The van der Waals surface area contributed by atoms with Gasteiger partial charge in [0.1, 0.15) is 6.54 Å². The molecule has 0 bridgehead atoms. The van der Waals surface area contributed by atoms with E-state index < -0.39 is 0 Å². The number of nitrogens with zero attached hydrogens (tertiary/aromatic N) is 2. The van der Waals surface area contributed by atoms with Gasteiger partial charge in [-0.1, -0.05) is 36.3 Å². The van der Waals surface area contributed by atoms with Crippen LogP contribution in [0.2, 0.25) is 0 Å². The zero-order valence-electron chi connectivity index (χ0n) is 13.2. The molecule has 1 aromatic carbocycles. The van der Waals surface area contributed by atoms with Crippen LogP contribution in [0, 0.1) is 5.92 Å². The zero-order chi connectivity index (χ0) is 16.2. The lowest BCUT2D eigenvalue weighted by molar-refractivity contribution is -0.143. The minimum absolute atomic E-state index is 0.0382. The monoisotopic (exact) mass is 332 g/mol. The van der Waals surface area contributed by atoms with Crippen molar-refractivity contribution in [2.45, 2.75) is 39.2 Å². The number of rotatable bonds is 4. The number of ether oxygens (including phenoxy) is 1. The summed E-state index contributed by atoms with van der Waals surface area (Å²) in [6.07, 6.45) is 4.04. The van der Waals surface area contributed by atoms with Crippen molar-refractivity contribution in [1.29, 1.82) is 0 Å². The van der Waals surface area contributed by atoms with E-state index in [1.807, 2.05) is 24.3 Å². The van der Waals surface area contributed by atoms with E-state index in [4.69, 9.17) is 4.74 Å². The van der Waals surface area contributed by atoms with Crippen LogP contribution >= 0.6 is 11.3 Å². The topological polar surface area (TPSA) is 60.7 Å². The predicted octanol–water partition coefficient (Wildman–Crippen LogP) is 2.88. The van der Waals surface area contributed by atoms with Crippen molar-refractivity contribution in [3.05, 3.63) is 29.1 Å². The normalized spacial score (nSPS) is 16.1. The molecule has 3 rings (SSSR count). The first-order chi connectivity index (χ1) is 11.2. The Labute approximate surface area is 138 Å². The molecule has 6 heteroatoms. The van der Waals surface area contributed by atoms with E-state index >= 15 is 0 Å². The van der Waals surface area contributed by atoms with Gasteiger partial charge in [-0.15, -0.1) is 0 Å². The molecule has 1 saturated carbocycles. The summed E-state index contributed by atoms with van der Waals surface area (Å²) in [5.41, 5.74) is 0.906. The summed E-state index contributed by atoms with van der Waals surface area (Å²) < 4.78 is 7.83. The molecule has 0 radical (unpaired) electrons. The first-order valence-electron chi connectivity index (χ1n) is 8.01. The summed E-state index contributed by atoms with van der Waals surface area (Å²) in [6, 6.07) is 7.76. The van der Waals surface area contributed by atoms with Crippen LogP contribution in [0.25, 0.3) is 10.2 Å². The standard InChI is InChI=1S/C17H20N2O3S/c1-2-22-15(20)11-19-13-9-5-6-10-14(13)23-17(19)18-16(21)12-7-3-4-8-12/h5-6,9-10,12H,2-4,7-8,11H2,1H3. The second-order valence-corrected chi connectivity index (χ2v) is 6.68. The number of esters is 1. The molecule has 1 amide bonds. The third-order valence-electron chi connectivity index (χ3n) is 4.09. The fraction of sp³-hybridized carbons (Fsp3) is 0.471. The van der Waals surface area contributed by atoms with Gasteiger partial charge >= 0.3 is 5.97 Å². The Bertz CT molecular complexity index is 784. The Morgan fingerprint density at radius 3 is 2.78 bits per heavy atom. The van der Waals surface area contributed by atoms with Crippen LogP contribution in [0.5, 0.6) is 0 Å². The summed E-state index contributed by atoms with van der Waals surface area (Å²) in [5.74, 6) is -0.339. The SMILES string of the molecule is CCOC(=O)Cn1c(=NC(=O)C2CCCC2)sc2ccccc21. The minimum atomic E-state index is -0.314. The molecule has 2 aromatic rings. The predicted molar refractivity (Wildman–Crippen MR) is 89.0 cm³/mol. The molecule has 0 aliphatic heterocycles. The lowest BCUT2D eigenvalue weighted by Gasteiger charge is -2.06. The van der Waals surface area contributed by atoms with Gasteiger partial charge in [-0.3, -0.25) is 9.59 Å². The molecule has 1 aliphatic rings. The molecule has 1 heterocycles. The molecule has 0 unspecified atom stereocenters. The first kappa shape index (κ1) is 15.9. The van der Waals surface area contributed by atoms with Gasteiger partial charge in [0.15, 0.2) is 4.80 Å². The van der Waals surface area contributed by atoms with Gasteiger partial charge in [0.25, 0.3) is 5.91 Å². The van der Waals surface area contributed by atoms with Crippen LogP contribution in [0.1, 0.15) is 32.6 Å². The fourth-order valence-corrected chi connectivity index (χ4v) is 3.99. The highest BCUT2D eigenvalue weighted by Gasteiger charge is 2.22. The summed E-state index contributed by atoms with van der Waals surface area (Å²) in [7, 11) is 0. The number of carbonyl (C=O) groups excluding carboxylic acids is 2. The van der Waals surface area contributed by atoms with Gasteiger partial charge < -0.3 is 9.30 Å². The molecule has 23 heavy (non-hydrogen) atoms. The highest BCUT2D eigenvalue weighted by molar-refractivity contribution is 7.16. The van der Waals surface area contributed by atoms with E-state index in [1.54, 1.807) is 11.5 Å². The minimum Gasteiger partial charge on any atom is -0.465 e. The number of fused-ring (bicyclic) bond motifs is 1. The highest BCUT2D eigenvalue weighted by atomic mass is 32.1. The molecular formula is C17H20N2O3S. The number of amides is 1. The van der Waals surface area contributed by atoms with Crippen molar-refractivity contribution in [2.24, 2.45) is 10.9 Å². The van der Waals surface area contributed by atoms with Crippen molar-refractivity contribution in [2.75, 3.05) is 6.61 Å². The summed E-state index contributed by atoms with van der Waals surface area (Å²) in [6.45, 7) is 2.20. The highest BCUT2D eigenvalue weighted by Crippen LogP contribution is 2.25. The molecule has 1 fully saturated rings. The maximum atomic E-state index is 12.4. The van der Waals surface area contributed by atoms with Crippen LogP contribution in [0.3, 0.4) is 0 Å². The number of carbonyl (C=O) groups is 2. The van der Waals surface area contributed by atoms with Crippen LogP contribution in [-0.4, -0.2) is 23.1 Å². The number of hydrogen-bond donors (Lipinski definition) is 0. The average Bonchev–Trinajstić information content (AvgIpc) is 3.17.